The number of aryl methyl sites for hydroxylation is 2. The number of nitrogens with one attached hydrogen (secondary N) is 3. The number of thiocarbonyl (C=S) groups is 1. The second-order valence-corrected chi connectivity index (χ2v) is 5.21. The molecule has 22 heavy (non-hydrogen) atoms. The lowest BCUT2D eigenvalue weighted by molar-refractivity contribution is 1.06. The van der Waals surface area contributed by atoms with Crippen LogP contribution in [0.1, 0.15) is 11.4 Å². The van der Waals surface area contributed by atoms with Gasteiger partial charge in [-0.3, -0.25) is 0 Å². The standard InChI is InChI=1S/C16H19N5S/c1-4-9-17-16(22)21-14-7-5-13(6-8-14)20-15-18-11(2)10-12(3)19-15/h4-8,10H,1,9H2,2-3H3,(H2,17,21,22)(H,18,19,20). The molecule has 2 aromatic rings. The fourth-order valence-corrected chi connectivity index (χ4v) is 2.09. The zero-order valence-corrected chi connectivity index (χ0v) is 13.5. The highest BCUT2D eigenvalue weighted by atomic mass is 32.1. The van der Waals surface area contributed by atoms with Gasteiger partial charge in [-0.15, -0.1) is 6.58 Å². The van der Waals surface area contributed by atoms with Crippen LogP contribution in [0.3, 0.4) is 0 Å². The van der Waals surface area contributed by atoms with Crippen molar-refractivity contribution in [2.45, 2.75) is 13.8 Å². The normalized spacial score (nSPS) is 9.91. The third-order valence-electron chi connectivity index (χ3n) is 2.79. The summed E-state index contributed by atoms with van der Waals surface area (Å²) in [5, 5.41) is 9.87. The van der Waals surface area contributed by atoms with E-state index < -0.39 is 0 Å². The Kier molecular flexibility index (Phi) is 5.43. The lowest BCUT2D eigenvalue weighted by Crippen LogP contribution is -2.28. The summed E-state index contributed by atoms with van der Waals surface area (Å²) in [6.07, 6.45) is 1.75. The summed E-state index contributed by atoms with van der Waals surface area (Å²) in [7, 11) is 0. The molecule has 0 atom stereocenters. The Morgan fingerprint density at radius 1 is 1.14 bits per heavy atom. The number of anilines is 3. The molecule has 1 aromatic carbocycles. The molecule has 3 N–H and O–H groups in total. The van der Waals surface area contributed by atoms with E-state index in [9.17, 15) is 0 Å². The zero-order chi connectivity index (χ0) is 15.9. The lowest BCUT2D eigenvalue weighted by atomic mass is 10.3. The highest BCUT2D eigenvalue weighted by Crippen LogP contribution is 2.17. The monoisotopic (exact) mass is 313 g/mol. The van der Waals surface area contributed by atoms with Gasteiger partial charge in [0.05, 0.1) is 0 Å². The number of benzene rings is 1. The van der Waals surface area contributed by atoms with Gasteiger partial charge in [-0.1, -0.05) is 6.08 Å². The van der Waals surface area contributed by atoms with Crippen molar-refractivity contribution >= 4 is 34.7 Å². The molecule has 0 saturated heterocycles. The minimum Gasteiger partial charge on any atom is -0.359 e. The molecule has 0 unspecified atom stereocenters. The molecule has 5 nitrogen and oxygen atoms in total. The van der Waals surface area contributed by atoms with Crippen LogP contribution in [0.4, 0.5) is 17.3 Å². The quantitative estimate of drug-likeness (QED) is 0.581. The first-order valence-corrected chi connectivity index (χ1v) is 7.33. The minimum atomic E-state index is 0.568. The van der Waals surface area contributed by atoms with E-state index in [2.05, 4.69) is 32.5 Å². The van der Waals surface area contributed by atoms with Gasteiger partial charge in [0.25, 0.3) is 0 Å². The van der Waals surface area contributed by atoms with Crippen LogP contribution in [0, 0.1) is 13.8 Å². The summed E-state index contributed by atoms with van der Waals surface area (Å²) in [4.78, 5) is 8.71. The largest absolute Gasteiger partial charge is 0.359 e. The molecular weight excluding hydrogens is 294 g/mol. The van der Waals surface area contributed by atoms with Gasteiger partial charge in [0.2, 0.25) is 5.95 Å². The Morgan fingerprint density at radius 3 is 2.32 bits per heavy atom. The molecule has 0 aliphatic carbocycles. The Balaban J connectivity index is 1.99. The topological polar surface area (TPSA) is 61.9 Å². The Bertz CT molecular complexity index is 646. The van der Waals surface area contributed by atoms with Crippen LogP contribution in [-0.4, -0.2) is 21.6 Å². The van der Waals surface area contributed by atoms with Crippen LogP contribution in [0.15, 0.2) is 43.0 Å². The van der Waals surface area contributed by atoms with Crippen molar-refractivity contribution in [1.29, 1.82) is 0 Å². The number of hydrogen-bond donors (Lipinski definition) is 3. The smallest absolute Gasteiger partial charge is 0.227 e. The van der Waals surface area contributed by atoms with Crippen LogP contribution in [0.5, 0.6) is 0 Å². The van der Waals surface area contributed by atoms with E-state index in [1.807, 2.05) is 44.2 Å². The highest BCUT2D eigenvalue weighted by Gasteiger charge is 2.01. The van der Waals surface area contributed by atoms with Crippen molar-refractivity contribution in [3.8, 4) is 0 Å². The summed E-state index contributed by atoms with van der Waals surface area (Å²) in [6, 6.07) is 9.70. The summed E-state index contributed by atoms with van der Waals surface area (Å²) in [5.41, 5.74) is 3.70. The molecule has 0 bridgehead atoms. The first-order valence-electron chi connectivity index (χ1n) is 6.92. The SMILES string of the molecule is C=CCNC(=S)Nc1ccc(Nc2nc(C)cc(C)n2)cc1. The van der Waals surface area contributed by atoms with E-state index >= 15 is 0 Å². The third kappa shape index (κ3) is 4.82. The number of nitrogens with zero attached hydrogens (tertiary/aromatic N) is 2. The van der Waals surface area contributed by atoms with E-state index in [1.165, 1.54) is 0 Å². The summed E-state index contributed by atoms with van der Waals surface area (Å²) in [6.45, 7) is 8.16. The predicted molar refractivity (Wildman–Crippen MR) is 95.7 cm³/mol. The van der Waals surface area contributed by atoms with Crippen LogP contribution < -0.4 is 16.0 Å². The van der Waals surface area contributed by atoms with Crippen molar-refractivity contribution in [2.75, 3.05) is 17.2 Å². The van der Waals surface area contributed by atoms with Crippen molar-refractivity contribution in [1.82, 2.24) is 15.3 Å². The lowest BCUT2D eigenvalue weighted by Gasteiger charge is -2.10. The Labute approximate surface area is 135 Å². The average molecular weight is 313 g/mol. The maximum Gasteiger partial charge on any atom is 0.227 e. The fraction of sp³-hybridized carbons (Fsp3) is 0.188. The number of rotatable bonds is 5. The van der Waals surface area contributed by atoms with E-state index in [4.69, 9.17) is 12.2 Å². The minimum absolute atomic E-state index is 0.568. The van der Waals surface area contributed by atoms with E-state index in [1.54, 1.807) is 6.08 Å². The molecule has 1 heterocycles. The number of aromatic nitrogens is 2. The van der Waals surface area contributed by atoms with Crippen molar-refractivity contribution in [2.24, 2.45) is 0 Å². The predicted octanol–water partition coefficient (Wildman–Crippen LogP) is 3.31. The molecule has 0 amide bonds. The van der Waals surface area contributed by atoms with Gasteiger partial charge in [0.1, 0.15) is 0 Å². The van der Waals surface area contributed by atoms with E-state index in [-0.39, 0.29) is 0 Å². The first kappa shape index (κ1) is 15.9. The van der Waals surface area contributed by atoms with Crippen molar-refractivity contribution < 1.29 is 0 Å². The fourth-order valence-electron chi connectivity index (χ4n) is 1.89. The van der Waals surface area contributed by atoms with Crippen molar-refractivity contribution in [3.63, 3.8) is 0 Å². The van der Waals surface area contributed by atoms with Crippen LogP contribution in [0.2, 0.25) is 0 Å². The summed E-state index contributed by atoms with van der Waals surface area (Å²) < 4.78 is 0. The van der Waals surface area contributed by atoms with Gasteiger partial charge in [-0.25, -0.2) is 9.97 Å². The molecule has 1 aromatic heterocycles. The van der Waals surface area contributed by atoms with E-state index in [0.29, 0.717) is 17.6 Å². The van der Waals surface area contributed by atoms with Gasteiger partial charge in [0, 0.05) is 29.3 Å². The van der Waals surface area contributed by atoms with Crippen LogP contribution >= 0.6 is 12.2 Å². The first-order chi connectivity index (χ1) is 10.6. The summed E-state index contributed by atoms with van der Waals surface area (Å²) >= 11 is 5.16. The van der Waals surface area contributed by atoms with Gasteiger partial charge in [0.15, 0.2) is 5.11 Å². The zero-order valence-electron chi connectivity index (χ0n) is 12.7. The molecular formula is C16H19N5S. The second kappa shape index (κ2) is 7.51. The molecule has 0 spiro atoms. The maximum absolute atomic E-state index is 5.16. The third-order valence-corrected chi connectivity index (χ3v) is 3.03. The van der Waals surface area contributed by atoms with Crippen LogP contribution in [-0.2, 0) is 0 Å². The molecule has 0 aliphatic heterocycles. The molecule has 0 saturated carbocycles. The Morgan fingerprint density at radius 2 is 1.73 bits per heavy atom. The molecule has 0 fully saturated rings. The van der Waals surface area contributed by atoms with Gasteiger partial charge in [-0.05, 0) is 56.4 Å². The molecule has 0 radical (unpaired) electrons. The van der Waals surface area contributed by atoms with E-state index in [0.717, 1.165) is 22.8 Å². The molecule has 114 valence electrons. The molecule has 2 rings (SSSR count). The Hall–Kier alpha value is -2.47. The maximum atomic E-state index is 5.16. The molecule has 0 aliphatic rings. The summed E-state index contributed by atoms with van der Waals surface area (Å²) in [5.74, 6) is 0.598. The van der Waals surface area contributed by atoms with Gasteiger partial charge < -0.3 is 16.0 Å². The van der Waals surface area contributed by atoms with Crippen molar-refractivity contribution in [3.05, 3.63) is 54.4 Å². The van der Waals surface area contributed by atoms with Gasteiger partial charge in [-0.2, -0.15) is 0 Å². The molecule has 6 heteroatoms. The number of hydrogen-bond acceptors (Lipinski definition) is 4. The van der Waals surface area contributed by atoms with Crippen LogP contribution in [0.25, 0.3) is 0 Å². The second-order valence-electron chi connectivity index (χ2n) is 4.80. The average Bonchev–Trinajstić information content (AvgIpc) is 2.46. The van der Waals surface area contributed by atoms with Gasteiger partial charge >= 0.3 is 0 Å². The highest BCUT2D eigenvalue weighted by molar-refractivity contribution is 7.80.